The van der Waals surface area contributed by atoms with Gasteiger partial charge in [-0.25, -0.2) is 4.39 Å². The molecule has 0 bridgehead atoms. The molecule has 3 rings (SSSR count). The summed E-state index contributed by atoms with van der Waals surface area (Å²) in [6.07, 6.45) is 7.17. The zero-order valence-corrected chi connectivity index (χ0v) is 11.5. The van der Waals surface area contributed by atoms with Gasteiger partial charge in [0.15, 0.2) is 17.9 Å². The second kappa shape index (κ2) is 6.08. The summed E-state index contributed by atoms with van der Waals surface area (Å²) >= 11 is 0. The van der Waals surface area contributed by atoms with Crippen LogP contribution in [0.4, 0.5) is 8.78 Å². The molecule has 1 aromatic carbocycles. The van der Waals surface area contributed by atoms with Crippen molar-refractivity contribution in [3.63, 3.8) is 0 Å². The van der Waals surface area contributed by atoms with E-state index in [0.717, 1.165) is 11.6 Å². The van der Waals surface area contributed by atoms with Gasteiger partial charge in [-0.05, 0) is 36.8 Å². The number of benzene rings is 1. The highest BCUT2D eigenvalue weighted by atomic mass is 19.2. The Kier molecular flexibility index (Phi) is 4.20. The highest BCUT2D eigenvalue weighted by Gasteiger charge is 2.26. The van der Waals surface area contributed by atoms with Gasteiger partial charge >= 0.3 is 0 Å². The Bertz CT molecular complexity index is 470. The molecule has 1 heterocycles. The molecule has 1 unspecified atom stereocenters. The van der Waals surface area contributed by atoms with Gasteiger partial charge in [0.25, 0.3) is 0 Å². The first-order valence-electron chi connectivity index (χ1n) is 7.49. The van der Waals surface area contributed by atoms with Crippen molar-refractivity contribution in [3.05, 3.63) is 29.3 Å². The summed E-state index contributed by atoms with van der Waals surface area (Å²) in [5, 5.41) is 0. The highest BCUT2D eigenvalue weighted by Crippen LogP contribution is 2.33. The summed E-state index contributed by atoms with van der Waals surface area (Å²) in [6, 6.07) is 2.74. The third-order valence-corrected chi connectivity index (χ3v) is 4.27. The Morgan fingerprint density at radius 1 is 1.10 bits per heavy atom. The molecular weight excluding hydrogens is 262 g/mol. The molecule has 0 spiro atoms. The van der Waals surface area contributed by atoms with E-state index >= 15 is 0 Å². The molecule has 4 heteroatoms. The van der Waals surface area contributed by atoms with Crippen LogP contribution in [0.15, 0.2) is 12.1 Å². The largest absolute Gasteiger partial charge is 0.461 e. The van der Waals surface area contributed by atoms with Crippen LogP contribution in [-0.4, -0.2) is 12.9 Å². The third kappa shape index (κ3) is 2.95. The number of rotatable bonds is 3. The van der Waals surface area contributed by atoms with Gasteiger partial charge in [-0.1, -0.05) is 25.3 Å². The van der Waals surface area contributed by atoms with E-state index in [1.165, 1.54) is 32.1 Å². The topological polar surface area (TPSA) is 18.5 Å². The lowest BCUT2D eigenvalue weighted by molar-refractivity contribution is -0.106. The second-order valence-electron chi connectivity index (χ2n) is 5.77. The second-order valence-corrected chi connectivity index (χ2v) is 5.77. The van der Waals surface area contributed by atoms with Crippen LogP contribution in [0.2, 0.25) is 0 Å². The summed E-state index contributed by atoms with van der Waals surface area (Å²) in [5.41, 5.74) is 0.724. The van der Waals surface area contributed by atoms with Crippen molar-refractivity contribution in [2.75, 3.05) is 6.61 Å². The Morgan fingerprint density at radius 2 is 1.90 bits per heavy atom. The van der Waals surface area contributed by atoms with Crippen LogP contribution in [0.5, 0.6) is 5.75 Å². The van der Waals surface area contributed by atoms with Crippen LogP contribution in [0.1, 0.15) is 44.1 Å². The molecule has 1 aromatic rings. The van der Waals surface area contributed by atoms with Gasteiger partial charge in [0.2, 0.25) is 5.82 Å². The highest BCUT2D eigenvalue weighted by molar-refractivity contribution is 5.37. The molecule has 110 valence electrons. The van der Waals surface area contributed by atoms with E-state index in [2.05, 4.69) is 0 Å². The zero-order chi connectivity index (χ0) is 13.9. The number of halogens is 2. The van der Waals surface area contributed by atoms with Crippen molar-refractivity contribution in [3.8, 4) is 5.75 Å². The molecule has 1 fully saturated rings. The molecule has 1 aliphatic heterocycles. The van der Waals surface area contributed by atoms with Gasteiger partial charge in [0.1, 0.15) is 0 Å². The minimum atomic E-state index is -0.895. The average molecular weight is 282 g/mol. The van der Waals surface area contributed by atoms with Crippen LogP contribution >= 0.6 is 0 Å². The van der Waals surface area contributed by atoms with E-state index in [9.17, 15) is 8.78 Å². The average Bonchev–Trinajstić information content (AvgIpc) is 2.50. The van der Waals surface area contributed by atoms with Crippen LogP contribution in [0.3, 0.4) is 0 Å². The molecule has 0 amide bonds. The third-order valence-electron chi connectivity index (χ3n) is 4.27. The standard InChI is InChI=1S/C16H20F2O2/c17-13-8-6-12-7-9-14(20-16(12)15(13)18)19-10-11-4-2-1-3-5-11/h6,8,11,14H,1-5,7,9-10H2. The Morgan fingerprint density at radius 3 is 2.70 bits per heavy atom. The van der Waals surface area contributed by atoms with Crippen LogP contribution in [0.25, 0.3) is 0 Å². The van der Waals surface area contributed by atoms with Gasteiger partial charge in [-0.15, -0.1) is 0 Å². The molecule has 1 atom stereocenters. The van der Waals surface area contributed by atoms with Gasteiger partial charge in [0, 0.05) is 6.42 Å². The molecule has 20 heavy (non-hydrogen) atoms. The lowest BCUT2D eigenvalue weighted by atomic mass is 9.90. The summed E-state index contributed by atoms with van der Waals surface area (Å²) in [4.78, 5) is 0. The van der Waals surface area contributed by atoms with Crippen molar-refractivity contribution in [1.29, 1.82) is 0 Å². The fraction of sp³-hybridized carbons (Fsp3) is 0.625. The van der Waals surface area contributed by atoms with Crippen LogP contribution in [-0.2, 0) is 11.2 Å². The van der Waals surface area contributed by atoms with Crippen molar-refractivity contribution < 1.29 is 18.3 Å². The zero-order valence-electron chi connectivity index (χ0n) is 11.5. The lowest BCUT2D eigenvalue weighted by Crippen LogP contribution is -2.29. The smallest absolute Gasteiger partial charge is 0.201 e. The predicted molar refractivity (Wildman–Crippen MR) is 71.6 cm³/mol. The molecule has 0 aromatic heterocycles. The number of ether oxygens (including phenoxy) is 2. The minimum Gasteiger partial charge on any atom is -0.461 e. The van der Waals surface area contributed by atoms with Gasteiger partial charge in [0.05, 0.1) is 6.61 Å². The molecule has 0 radical (unpaired) electrons. The van der Waals surface area contributed by atoms with Crippen LogP contribution < -0.4 is 4.74 Å². The molecule has 0 N–H and O–H groups in total. The first-order valence-corrected chi connectivity index (χ1v) is 7.49. The summed E-state index contributed by atoms with van der Waals surface area (Å²) in [7, 11) is 0. The van der Waals surface area contributed by atoms with E-state index in [4.69, 9.17) is 9.47 Å². The quantitative estimate of drug-likeness (QED) is 0.826. The molecular formula is C16H20F2O2. The fourth-order valence-corrected chi connectivity index (χ4v) is 3.07. The Hall–Kier alpha value is -1.16. The molecule has 1 aliphatic carbocycles. The number of aryl methyl sites for hydroxylation is 1. The molecule has 2 aliphatic rings. The maximum atomic E-state index is 13.7. The van der Waals surface area contributed by atoms with Crippen molar-refractivity contribution in [2.24, 2.45) is 5.92 Å². The molecule has 2 nitrogen and oxygen atoms in total. The van der Waals surface area contributed by atoms with Crippen molar-refractivity contribution >= 4 is 0 Å². The van der Waals surface area contributed by atoms with Gasteiger partial charge in [-0.2, -0.15) is 4.39 Å². The predicted octanol–water partition coefficient (Wildman–Crippen LogP) is 4.21. The van der Waals surface area contributed by atoms with E-state index in [-0.39, 0.29) is 5.75 Å². The SMILES string of the molecule is Fc1ccc2c(c1F)OC(OCC1CCCCC1)CC2. The monoisotopic (exact) mass is 282 g/mol. The molecule has 1 saturated carbocycles. The van der Waals surface area contributed by atoms with Crippen molar-refractivity contribution in [1.82, 2.24) is 0 Å². The summed E-state index contributed by atoms with van der Waals surface area (Å²) < 4.78 is 38.2. The Balaban J connectivity index is 1.59. The maximum absolute atomic E-state index is 13.7. The molecule has 0 saturated heterocycles. The van der Waals surface area contributed by atoms with E-state index in [1.54, 1.807) is 6.07 Å². The van der Waals surface area contributed by atoms with Gasteiger partial charge < -0.3 is 9.47 Å². The Labute approximate surface area is 118 Å². The van der Waals surface area contributed by atoms with Crippen molar-refractivity contribution in [2.45, 2.75) is 51.2 Å². The first kappa shape index (κ1) is 13.8. The minimum absolute atomic E-state index is 0.0323. The normalized spacial score (nSPS) is 23.2. The summed E-state index contributed by atoms with van der Waals surface area (Å²) in [5.74, 6) is -1.14. The lowest BCUT2D eigenvalue weighted by Gasteiger charge is -2.29. The number of hydrogen-bond donors (Lipinski definition) is 0. The van der Waals surface area contributed by atoms with E-state index in [1.807, 2.05) is 0 Å². The number of fused-ring (bicyclic) bond motifs is 1. The first-order chi connectivity index (χ1) is 9.74. The summed E-state index contributed by atoms with van der Waals surface area (Å²) in [6.45, 7) is 0.664. The van der Waals surface area contributed by atoms with Crippen LogP contribution in [0, 0.1) is 17.6 Å². The maximum Gasteiger partial charge on any atom is 0.201 e. The fourth-order valence-electron chi connectivity index (χ4n) is 3.07. The van der Waals surface area contributed by atoms with Gasteiger partial charge in [-0.3, -0.25) is 0 Å². The van der Waals surface area contributed by atoms with E-state index < -0.39 is 17.9 Å². The number of hydrogen-bond acceptors (Lipinski definition) is 2. The van der Waals surface area contributed by atoms with E-state index in [0.29, 0.717) is 25.4 Å².